The molecule has 30 heavy (non-hydrogen) atoms. The van der Waals surface area contributed by atoms with Crippen LogP contribution in [-0.4, -0.2) is 41.9 Å². The van der Waals surface area contributed by atoms with E-state index in [1.54, 1.807) is 24.3 Å². The molecule has 0 bridgehead atoms. The molecule has 10 heteroatoms. The van der Waals surface area contributed by atoms with Gasteiger partial charge in [-0.15, -0.1) is 10.2 Å². The van der Waals surface area contributed by atoms with Gasteiger partial charge in [0.25, 0.3) is 5.91 Å². The number of para-hydroxylation sites is 1. The van der Waals surface area contributed by atoms with Crippen LogP contribution < -0.4 is 5.32 Å². The Kier molecular flexibility index (Phi) is 6.14. The number of carbonyl (C=O) groups is 1. The molecule has 0 radical (unpaired) electrons. The van der Waals surface area contributed by atoms with Gasteiger partial charge in [0.05, 0.1) is 4.90 Å². The number of benzene rings is 2. The Morgan fingerprint density at radius 3 is 2.57 bits per heavy atom. The number of anilines is 1. The van der Waals surface area contributed by atoms with E-state index in [1.807, 2.05) is 18.2 Å². The number of halogens is 1. The molecule has 1 aromatic heterocycles. The Bertz CT molecular complexity index is 1130. The molecular weight excluding hydrogens is 444 g/mol. The van der Waals surface area contributed by atoms with E-state index in [0.717, 1.165) is 6.42 Å². The molecule has 1 aliphatic heterocycles. The summed E-state index contributed by atoms with van der Waals surface area (Å²) in [5.41, 5.74) is 0.678. The van der Waals surface area contributed by atoms with E-state index in [0.29, 0.717) is 35.2 Å². The van der Waals surface area contributed by atoms with E-state index in [2.05, 4.69) is 15.5 Å². The van der Waals surface area contributed by atoms with Crippen LogP contribution in [0.3, 0.4) is 0 Å². The van der Waals surface area contributed by atoms with Crippen molar-refractivity contribution in [1.82, 2.24) is 14.5 Å². The highest BCUT2D eigenvalue weighted by Gasteiger charge is 2.32. The van der Waals surface area contributed by atoms with Gasteiger partial charge in [-0.1, -0.05) is 41.1 Å². The lowest BCUT2D eigenvalue weighted by Gasteiger charge is -2.30. The number of nitrogens with zero attached hydrogens (tertiary/aromatic N) is 3. The Labute approximate surface area is 183 Å². The van der Waals surface area contributed by atoms with E-state index in [1.165, 1.54) is 27.8 Å². The third-order valence-electron chi connectivity index (χ3n) is 4.85. The van der Waals surface area contributed by atoms with Crippen molar-refractivity contribution in [3.8, 4) is 0 Å². The molecule has 0 spiro atoms. The first-order valence-electron chi connectivity index (χ1n) is 9.39. The molecule has 2 heterocycles. The monoisotopic (exact) mass is 462 g/mol. The third kappa shape index (κ3) is 4.54. The van der Waals surface area contributed by atoms with Crippen LogP contribution in [0.25, 0.3) is 0 Å². The Morgan fingerprint density at radius 1 is 1.10 bits per heavy atom. The standard InChI is InChI=1S/C20H19ClN4O3S2/c21-15-8-10-17(11-9-15)30(27,28)25-12-4-5-14(13-25)19-23-24-20(29-19)18(26)22-16-6-2-1-3-7-16/h1-3,6-11,14H,4-5,12-13H2,(H,22,26)/t14-/m1/s1. The first-order chi connectivity index (χ1) is 14.4. The summed E-state index contributed by atoms with van der Waals surface area (Å²) in [6.07, 6.45) is 1.50. The number of amides is 1. The van der Waals surface area contributed by atoms with E-state index < -0.39 is 10.0 Å². The minimum Gasteiger partial charge on any atom is -0.320 e. The van der Waals surface area contributed by atoms with E-state index in [4.69, 9.17) is 11.6 Å². The topological polar surface area (TPSA) is 92.3 Å². The van der Waals surface area contributed by atoms with Gasteiger partial charge < -0.3 is 5.32 Å². The first kappa shape index (κ1) is 20.9. The summed E-state index contributed by atoms with van der Waals surface area (Å²) in [5, 5.41) is 12.4. The van der Waals surface area contributed by atoms with Gasteiger partial charge in [-0.3, -0.25) is 4.79 Å². The molecule has 1 saturated heterocycles. The fraction of sp³-hybridized carbons (Fsp3) is 0.250. The van der Waals surface area contributed by atoms with Gasteiger partial charge in [0.1, 0.15) is 5.01 Å². The summed E-state index contributed by atoms with van der Waals surface area (Å²) in [6, 6.07) is 15.3. The molecule has 156 valence electrons. The predicted octanol–water partition coefficient (Wildman–Crippen LogP) is 4.01. The lowest BCUT2D eigenvalue weighted by molar-refractivity contribution is 0.102. The molecule has 1 atom stereocenters. The third-order valence-corrected chi connectivity index (χ3v) is 8.07. The number of aromatic nitrogens is 2. The molecule has 4 rings (SSSR count). The molecule has 0 aliphatic carbocycles. The Morgan fingerprint density at radius 2 is 1.83 bits per heavy atom. The second-order valence-electron chi connectivity index (χ2n) is 6.92. The van der Waals surface area contributed by atoms with Crippen LogP contribution in [-0.2, 0) is 10.0 Å². The zero-order chi connectivity index (χ0) is 21.1. The van der Waals surface area contributed by atoms with Crippen LogP contribution in [0.15, 0.2) is 59.5 Å². The first-order valence-corrected chi connectivity index (χ1v) is 12.0. The van der Waals surface area contributed by atoms with Crippen molar-refractivity contribution in [2.45, 2.75) is 23.7 Å². The molecule has 1 amide bonds. The van der Waals surface area contributed by atoms with Crippen molar-refractivity contribution in [2.24, 2.45) is 0 Å². The fourth-order valence-corrected chi connectivity index (χ4v) is 5.83. The molecule has 3 aromatic rings. The zero-order valence-electron chi connectivity index (χ0n) is 15.9. The Hall–Kier alpha value is -2.33. The van der Waals surface area contributed by atoms with E-state index in [-0.39, 0.29) is 21.7 Å². The molecule has 0 unspecified atom stereocenters. The normalized spacial score (nSPS) is 17.6. The van der Waals surface area contributed by atoms with Crippen LogP contribution >= 0.6 is 22.9 Å². The van der Waals surface area contributed by atoms with Crippen molar-refractivity contribution in [3.63, 3.8) is 0 Å². The van der Waals surface area contributed by atoms with Crippen molar-refractivity contribution in [3.05, 3.63) is 69.6 Å². The van der Waals surface area contributed by atoms with Gasteiger partial charge >= 0.3 is 0 Å². The lowest BCUT2D eigenvalue weighted by Crippen LogP contribution is -2.39. The van der Waals surface area contributed by atoms with E-state index >= 15 is 0 Å². The highest BCUT2D eigenvalue weighted by Crippen LogP contribution is 2.32. The summed E-state index contributed by atoms with van der Waals surface area (Å²) in [4.78, 5) is 12.6. The SMILES string of the molecule is O=C(Nc1ccccc1)c1nnc([C@@H]2CCCN(S(=O)(=O)c3ccc(Cl)cc3)C2)s1. The quantitative estimate of drug-likeness (QED) is 0.618. The molecule has 0 saturated carbocycles. The van der Waals surface area contributed by atoms with Gasteiger partial charge in [-0.2, -0.15) is 4.31 Å². The number of sulfonamides is 1. The molecule has 1 N–H and O–H groups in total. The average molecular weight is 463 g/mol. The second-order valence-corrected chi connectivity index (χ2v) is 10.3. The minimum absolute atomic E-state index is 0.100. The number of carbonyl (C=O) groups excluding carboxylic acids is 1. The number of hydrogen-bond donors (Lipinski definition) is 1. The highest BCUT2D eigenvalue weighted by atomic mass is 35.5. The lowest BCUT2D eigenvalue weighted by atomic mass is 10.0. The number of hydrogen-bond acceptors (Lipinski definition) is 6. The smallest absolute Gasteiger partial charge is 0.286 e. The van der Waals surface area contributed by atoms with Gasteiger partial charge in [0.15, 0.2) is 0 Å². The average Bonchev–Trinajstić information content (AvgIpc) is 3.25. The molecule has 1 aliphatic rings. The largest absolute Gasteiger partial charge is 0.320 e. The minimum atomic E-state index is -3.62. The van der Waals surface area contributed by atoms with Crippen LogP contribution in [0.2, 0.25) is 5.02 Å². The fourth-order valence-electron chi connectivity index (χ4n) is 3.32. The Balaban J connectivity index is 1.47. The van der Waals surface area contributed by atoms with Gasteiger partial charge in [0, 0.05) is 29.7 Å². The van der Waals surface area contributed by atoms with Crippen molar-refractivity contribution < 1.29 is 13.2 Å². The summed E-state index contributed by atoms with van der Waals surface area (Å²) in [5.74, 6) is -0.428. The maximum absolute atomic E-state index is 13.0. The maximum atomic E-state index is 13.0. The van der Waals surface area contributed by atoms with Crippen molar-refractivity contribution >= 4 is 44.6 Å². The molecule has 7 nitrogen and oxygen atoms in total. The van der Waals surface area contributed by atoms with Gasteiger partial charge in [-0.05, 0) is 49.2 Å². The summed E-state index contributed by atoms with van der Waals surface area (Å²) in [7, 11) is -3.62. The molecular formula is C20H19ClN4O3S2. The van der Waals surface area contributed by atoms with Crippen LogP contribution in [0.4, 0.5) is 5.69 Å². The van der Waals surface area contributed by atoms with Crippen LogP contribution in [0.5, 0.6) is 0 Å². The van der Waals surface area contributed by atoms with Crippen molar-refractivity contribution in [2.75, 3.05) is 18.4 Å². The molecule has 1 fully saturated rings. The summed E-state index contributed by atoms with van der Waals surface area (Å²) < 4.78 is 27.4. The summed E-state index contributed by atoms with van der Waals surface area (Å²) >= 11 is 7.08. The van der Waals surface area contributed by atoms with Crippen molar-refractivity contribution in [1.29, 1.82) is 0 Å². The van der Waals surface area contributed by atoms with E-state index in [9.17, 15) is 13.2 Å². The number of piperidine rings is 1. The number of rotatable bonds is 5. The summed E-state index contributed by atoms with van der Waals surface area (Å²) in [6.45, 7) is 0.751. The van der Waals surface area contributed by atoms with Crippen LogP contribution in [0.1, 0.15) is 33.6 Å². The van der Waals surface area contributed by atoms with Gasteiger partial charge in [-0.25, -0.2) is 8.42 Å². The van der Waals surface area contributed by atoms with Crippen LogP contribution in [0, 0.1) is 0 Å². The number of nitrogens with one attached hydrogen (secondary N) is 1. The molecule has 2 aromatic carbocycles. The van der Waals surface area contributed by atoms with Gasteiger partial charge in [0.2, 0.25) is 15.0 Å². The highest BCUT2D eigenvalue weighted by molar-refractivity contribution is 7.89. The maximum Gasteiger partial charge on any atom is 0.286 e. The predicted molar refractivity (Wildman–Crippen MR) is 116 cm³/mol. The second kappa shape index (κ2) is 8.81. The zero-order valence-corrected chi connectivity index (χ0v) is 18.3.